The van der Waals surface area contributed by atoms with Gasteiger partial charge < -0.3 is 10.5 Å². The summed E-state index contributed by atoms with van der Waals surface area (Å²) in [6, 6.07) is 3.68. The Kier molecular flexibility index (Phi) is 4.83. The monoisotopic (exact) mass is 361 g/mol. The molecule has 6 nitrogen and oxygen atoms in total. The van der Waals surface area contributed by atoms with Crippen molar-refractivity contribution in [2.24, 2.45) is 0 Å². The van der Waals surface area contributed by atoms with Gasteiger partial charge in [0.25, 0.3) is 0 Å². The molecular weight excluding hydrogens is 351 g/mol. The highest BCUT2D eigenvalue weighted by Crippen LogP contribution is 2.34. The first-order valence-electron chi connectivity index (χ1n) is 6.59. The van der Waals surface area contributed by atoms with Crippen LogP contribution in [0.3, 0.4) is 0 Å². The minimum absolute atomic E-state index is 0.0874. The third-order valence-corrected chi connectivity index (χ3v) is 3.23. The number of nitrogens with two attached hydrogens (primary N) is 1. The Morgan fingerprint density at radius 3 is 2.58 bits per heavy atom. The lowest BCUT2D eigenvalue weighted by atomic mass is 9.99. The number of nitrogens with one attached hydrogen (secondary N) is 1. The molecule has 0 saturated heterocycles. The van der Waals surface area contributed by atoms with Crippen molar-refractivity contribution in [2.45, 2.75) is 13.1 Å². The molecule has 2 rings (SSSR count). The number of halogens is 4. The minimum atomic E-state index is -4.95. The molecule has 0 saturated carbocycles. The lowest BCUT2D eigenvalue weighted by Crippen LogP contribution is -2.17. The maximum atomic E-state index is 13.1. The zero-order valence-electron chi connectivity index (χ0n) is 12.2. The number of alkyl halides is 3. The van der Waals surface area contributed by atoms with Gasteiger partial charge in [-0.15, -0.1) is 0 Å². The molecule has 10 heteroatoms. The first kappa shape index (κ1) is 17.8. The number of carbonyl (C=O) groups excluding carboxylic acids is 2. The zero-order valence-corrected chi connectivity index (χ0v) is 13.0. The van der Waals surface area contributed by atoms with Crippen LogP contribution in [0.2, 0.25) is 5.02 Å². The number of benzene rings is 1. The number of H-pyrrole nitrogens is 1. The van der Waals surface area contributed by atoms with E-state index in [9.17, 15) is 22.8 Å². The zero-order chi connectivity index (χ0) is 18.1. The van der Waals surface area contributed by atoms with Crippen LogP contribution < -0.4 is 5.73 Å². The number of rotatable bonds is 4. The number of hydrogen-bond acceptors (Lipinski definition) is 5. The van der Waals surface area contributed by atoms with Crippen molar-refractivity contribution in [1.82, 2.24) is 10.2 Å². The van der Waals surface area contributed by atoms with Gasteiger partial charge in [-0.3, -0.25) is 9.89 Å². The molecule has 1 aromatic heterocycles. The van der Waals surface area contributed by atoms with E-state index in [-0.39, 0.29) is 22.9 Å². The van der Waals surface area contributed by atoms with Gasteiger partial charge in [0.05, 0.1) is 12.2 Å². The van der Waals surface area contributed by atoms with E-state index < -0.39 is 34.9 Å². The number of esters is 1. The predicted molar refractivity (Wildman–Crippen MR) is 78.8 cm³/mol. The average molecular weight is 362 g/mol. The van der Waals surface area contributed by atoms with Crippen molar-refractivity contribution >= 4 is 29.0 Å². The molecule has 0 atom stereocenters. The molecule has 1 aromatic carbocycles. The smallest absolute Gasteiger partial charge is 0.435 e. The van der Waals surface area contributed by atoms with Crippen LogP contribution in [0.4, 0.5) is 18.9 Å². The minimum Gasteiger partial charge on any atom is -0.461 e. The van der Waals surface area contributed by atoms with Crippen molar-refractivity contribution < 1.29 is 27.5 Å². The molecule has 0 spiro atoms. The lowest BCUT2D eigenvalue weighted by molar-refractivity contribution is -0.141. The number of nitrogen functional groups attached to an aromatic ring is 1. The van der Waals surface area contributed by atoms with Crippen LogP contribution >= 0.6 is 11.6 Å². The van der Waals surface area contributed by atoms with Gasteiger partial charge in [-0.05, 0) is 25.1 Å². The van der Waals surface area contributed by atoms with Crippen LogP contribution in [0.5, 0.6) is 0 Å². The number of nitrogens with zero attached hydrogens (tertiary/aromatic N) is 1. The molecule has 0 bridgehead atoms. The van der Waals surface area contributed by atoms with Crippen LogP contribution in [-0.4, -0.2) is 28.6 Å². The third kappa shape index (κ3) is 3.35. The van der Waals surface area contributed by atoms with E-state index in [1.54, 1.807) is 0 Å². The summed E-state index contributed by atoms with van der Waals surface area (Å²) in [5.41, 5.74) is 2.11. The fourth-order valence-corrected chi connectivity index (χ4v) is 2.17. The maximum absolute atomic E-state index is 13.1. The van der Waals surface area contributed by atoms with Gasteiger partial charge in [0, 0.05) is 16.3 Å². The number of aromatic nitrogens is 2. The molecule has 0 aliphatic carbocycles. The van der Waals surface area contributed by atoms with Crippen LogP contribution in [0.15, 0.2) is 18.2 Å². The van der Waals surface area contributed by atoms with Gasteiger partial charge in [-0.25, -0.2) is 4.79 Å². The summed E-state index contributed by atoms with van der Waals surface area (Å²) >= 11 is 5.71. The second-order valence-electron chi connectivity index (χ2n) is 4.60. The van der Waals surface area contributed by atoms with Gasteiger partial charge in [0.15, 0.2) is 17.2 Å². The molecule has 0 fully saturated rings. The molecule has 24 heavy (non-hydrogen) atoms. The number of carbonyl (C=O) groups is 2. The third-order valence-electron chi connectivity index (χ3n) is 3.00. The molecule has 1 heterocycles. The highest BCUT2D eigenvalue weighted by molar-refractivity contribution is 6.31. The topological polar surface area (TPSA) is 98.1 Å². The molecule has 0 amide bonds. The Morgan fingerprint density at radius 2 is 2.04 bits per heavy atom. The fraction of sp³-hybridized carbons (Fsp3) is 0.214. The van der Waals surface area contributed by atoms with E-state index in [0.717, 1.165) is 0 Å². The molecule has 3 N–H and O–H groups in total. The summed E-state index contributed by atoms with van der Waals surface area (Å²) in [5, 5.41) is 5.17. The molecule has 0 aliphatic heterocycles. The highest BCUT2D eigenvalue weighted by atomic mass is 35.5. The standard InChI is InChI=1S/C14H11ClF3N3O3/c1-2-24-13(23)10-9(12(21-20-10)14(16,17)18)11(22)7-4-3-6(15)5-8(7)19/h3-5H,2,19H2,1H3,(H,20,21). The SMILES string of the molecule is CCOC(=O)c1[nH]nc(C(F)(F)F)c1C(=O)c1ccc(Cl)cc1N. The first-order chi connectivity index (χ1) is 11.2. The Labute approximate surface area is 138 Å². The summed E-state index contributed by atoms with van der Waals surface area (Å²) in [6.07, 6.45) is -4.95. The van der Waals surface area contributed by atoms with Crippen LogP contribution in [0, 0.1) is 0 Å². The van der Waals surface area contributed by atoms with E-state index in [4.69, 9.17) is 17.3 Å². The largest absolute Gasteiger partial charge is 0.461 e. The number of aromatic amines is 1. The summed E-state index contributed by atoms with van der Waals surface area (Å²) in [6.45, 7) is 1.38. The Bertz CT molecular complexity index is 802. The van der Waals surface area contributed by atoms with E-state index >= 15 is 0 Å². The number of ether oxygens (including phenoxy) is 1. The van der Waals surface area contributed by atoms with E-state index in [0.29, 0.717) is 0 Å². The molecule has 128 valence electrons. The van der Waals surface area contributed by atoms with Gasteiger partial charge in [0.2, 0.25) is 0 Å². The van der Waals surface area contributed by atoms with Crippen LogP contribution in [0.25, 0.3) is 0 Å². The predicted octanol–water partition coefficient (Wildman–Crippen LogP) is 3.07. The van der Waals surface area contributed by atoms with Crippen LogP contribution in [0.1, 0.15) is 39.0 Å². The number of anilines is 1. The normalized spacial score (nSPS) is 11.4. The summed E-state index contributed by atoms with van der Waals surface area (Å²) in [5.74, 6) is -2.25. The number of hydrogen-bond donors (Lipinski definition) is 2. The van der Waals surface area contributed by atoms with Crippen molar-refractivity contribution in [3.8, 4) is 0 Å². The van der Waals surface area contributed by atoms with Crippen molar-refractivity contribution in [2.75, 3.05) is 12.3 Å². The van der Waals surface area contributed by atoms with Gasteiger partial charge in [-0.1, -0.05) is 11.6 Å². The molecule has 0 unspecified atom stereocenters. The van der Waals surface area contributed by atoms with Crippen molar-refractivity contribution in [3.63, 3.8) is 0 Å². The Morgan fingerprint density at radius 1 is 1.38 bits per heavy atom. The van der Waals surface area contributed by atoms with Crippen LogP contribution in [-0.2, 0) is 10.9 Å². The van der Waals surface area contributed by atoms with Gasteiger partial charge >= 0.3 is 12.1 Å². The average Bonchev–Trinajstić information content (AvgIpc) is 2.91. The molecule has 0 radical (unpaired) electrons. The van der Waals surface area contributed by atoms with E-state index in [1.165, 1.54) is 25.1 Å². The second kappa shape index (κ2) is 6.52. The van der Waals surface area contributed by atoms with Gasteiger partial charge in [0.1, 0.15) is 0 Å². The second-order valence-corrected chi connectivity index (χ2v) is 5.04. The maximum Gasteiger partial charge on any atom is 0.435 e. The molecular formula is C14H11ClF3N3O3. The van der Waals surface area contributed by atoms with E-state index in [2.05, 4.69) is 9.84 Å². The van der Waals surface area contributed by atoms with Crippen molar-refractivity contribution in [3.05, 3.63) is 45.7 Å². The molecule has 0 aliphatic rings. The summed E-state index contributed by atoms with van der Waals surface area (Å²) in [4.78, 5) is 24.4. The van der Waals surface area contributed by atoms with E-state index in [1.807, 2.05) is 5.10 Å². The van der Waals surface area contributed by atoms with Crippen molar-refractivity contribution in [1.29, 1.82) is 0 Å². The quantitative estimate of drug-likeness (QED) is 0.495. The molecule has 2 aromatic rings. The Balaban J connectivity index is 2.63. The summed E-state index contributed by atoms with van der Waals surface area (Å²) < 4.78 is 44.0. The number of ketones is 1. The van der Waals surface area contributed by atoms with Gasteiger partial charge in [-0.2, -0.15) is 18.3 Å². The first-order valence-corrected chi connectivity index (χ1v) is 6.97. The highest BCUT2D eigenvalue weighted by Gasteiger charge is 2.42. The lowest BCUT2D eigenvalue weighted by Gasteiger charge is -2.09. The fourth-order valence-electron chi connectivity index (χ4n) is 1.99. The Hall–Kier alpha value is -2.55. The summed E-state index contributed by atoms with van der Waals surface area (Å²) in [7, 11) is 0.